The van der Waals surface area contributed by atoms with E-state index < -0.39 is 0 Å². The SMILES string of the molecule is CN(C)c1ccc(CNC2CCCCCC2)cc1.Cl. The second kappa shape index (κ2) is 8.44. The lowest BCUT2D eigenvalue weighted by atomic mass is 10.1. The number of anilines is 1. The molecule has 0 bridgehead atoms. The molecule has 2 rings (SSSR count). The molecule has 1 aliphatic rings. The van der Waals surface area contributed by atoms with Crippen molar-refractivity contribution in [3.05, 3.63) is 29.8 Å². The minimum absolute atomic E-state index is 0. The van der Waals surface area contributed by atoms with Crippen molar-refractivity contribution in [3.63, 3.8) is 0 Å². The molecule has 1 aliphatic carbocycles. The van der Waals surface area contributed by atoms with Crippen LogP contribution in [0.4, 0.5) is 5.69 Å². The van der Waals surface area contributed by atoms with Crippen LogP contribution in [-0.4, -0.2) is 20.1 Å². The molecule has 0 atom stereocenters. The molecule has 0 aliphatic heterocycles. The Morgan fingerprint density at radius 1 is 1.00 bits per heavy atom. The van der Waals surface area contributed by atoms with Crippen LogP contribution in [0, 0.1) is 0 Å². The van der Waals surface area contributed by atoms with Gasteiger partial charge in [-0.05, 0) is 30.5 Å². The second-order valence-electron chi connectivity index (χ2n) is 5.63. The van der Waals surface area contributed by atoms with Crippen molar-refractivity contribution in [1.82, 2.24) is 5.32 Å². The summed E-state index contributed by atoms with van der Waals surface area (Å²) in [5.41, 5.74) is 2.66. The molecule has 1 N–H and O–H groups in total. The van der Waals surface area contributed by atoms with Crippen LogP contribution in [0.25, 0.3) is 0 Å². The first-order chi connectivity index (χ1) is 8.75. The van der Waals surface area contributed by atoms with E-state index in [9.17, 15) is 0 Å². The van der Waals surface area contributed by atoms with Gasteiger partial charge in [0.25, 0.3) is 0 Å². The van der Waals surface area contributed by atoms with Crippen molar-refractivity contribution in [3.8, 4) is 0 Å². The summed E-state index contributed by atoms with van der Waals surface area (Å²) in [5, 5.41) is 3.71. The lowest BCUT2D eigenvalue weighted by Crippen LogP contribution is -2.27. The largest absolute Gasteiger partial charge is 0.378 e. The van der Waals surface area contributed by atoms with Crippen molar-refractivity contribution in [2.24, 2.45) is 0 Å². The zero-order chi connectivity index (χ0) is 12.8. The fourth-order valence-electron chi connectivity index (χ4n) is 2.66. The molecule has 2 nitrogen and oxygen atoms in total. The predicted octanol–water partition coefficient (Wildman–Crippen LogP) is 3.99. The van der Waals surface area contributed by atoms with Gasteiger partial charge in [-0.25, -0.2) is 0 Å². The van der Waals surface area contributed by atoms with Crippen molar-refractivity contribution in [2.75, 3.05) is 19.0 Å². The number of halogens is 1. The molecule has 19 heavy (non-hydrogen) atoms. The summed E-state index contributed by atoms with van der Waals surface area (Å²) in [7, 11) is 4.16. The summed E-state index contributed by atoms with van der Waals surface area (Å²) < 4.78 is 0. The van der Waals surface area contributed by atoms with Gasteiger partial charge in [-0.3, -0.25) is 0 Å². The van der Waals surface area contributed by atoms with Gasteiger partial charge in [0.1, 0.15) is 0 Å². The molecule has 1 aromatic rings. The lowest BCUT2D eigenvalue weighted by Gasteiger charge is -2.17. The summed E-state index contributed by atoms with van der Waals surface area (Å²) in [6.45, 7) is 1.01. The zero-order valence-corrected chi connectivity index (χ0v) is 13.0. The number of hydrogen-bond donors (Lipinski definition) is 1. The summed E-state index contributed by atoms with van der Waals surface area (Å²) in [4.78, 5) is 2.14. The number of hydrogen-bond acceptors (Lipinski definition) is 2. The molecule has 0 spiro atoms. The van der Waals surface area contributed by atoms with E-state index in [1.165, 1.54) is 49.8 Å². The highest BCUT2D eigenvalue weighted by molar-refractivity contribution is 5.85. The summed E-state index contributed by atoms with van der Waals surface area (Å²) in [5.74, 6) is 0. The van der Waals surface area contributed by atoms with E-state index in [0.717, 1.165) is 12.6 Å². The van der Waals surface area contributed by atoms with Crippen LogP contribution in [0.1, 0.15) is 44.1 Å². The molecular formula is C16H27ClN2. The average Bonchev–Trinajstić information content (AvgIpc) is 2.65. The van der Waals surface area contributed by atoms with Crippen molar-refractivity contribution in [2.45, 2.75) is 51.1 Å². The first kappa shape index (κ1) is 16.3. The lowest BCUT2D eigenvalue weighted by molar-refractivity contribution is 0.459. The Bertz CT molecular complexity index is 340. The first-order valence-electron chi connectivity index (χ1n) is 7.25. The molecule has 0 saturated heterocycles. The van der Waals surface area contributed by atoms with Crippen LogP contribution >= 0.6 is 12.4 Å². The van der Waals surface area contributed by atoms with E-state index in [1.54, 1.807) is 0 Å². The van der Waals surface area contributed by atoms with Gasteiger partial charge in [-0.15, -0.1) is 12.4 Å². The Balaban J connectivity index is 0.00000180. The Morgan fingerprint density at radius 2 is 1.58 bits per heavy atom. The van der Waals surface area contributed by atoms with Crippen LogP contribution in [0.5, 0.6) is 0 Å². The van der Waals surface area contributed by atoms with Gasteiger partial charge in [0.15, 0.2) is 0 Å². The third-order valence-electron chi connectivity index (χ3n) is 3.90. The third kappa shape index (κ3) is 5.42. The van der Waals surface area contributed by atoms with E-state index in [1.807, 2.05) is 0 Å². The van der Waals surface area contributed by atoms with Gasteiger partial charge < -0.3 is 10.2 Å². The number of nitrogens with one attached hydrogen (secondary N) is 1. The van der Waals surface area contributed by atoms with Gasteiger partial charge in [0, 0.05) is 32.4 Å². The Hall–Kier alpha value is -0.730. The minimum atomic E-state index is 0. The van der Waals surface area contributed by atoms with Crippen LogP contribution in [0.2, 0.25) is 0 Å². The molecule has 0 radical (unpaired) electrons. The predicted molar refractivity (Wildman–Crippen MR) is 86.3 cm³/mol. The maximum atomic E-state index is 3.71. The van der Waals surface area contributed by atoms with Crippen molar-refractivity contribution in [1.29, 1.82) is 0 Å². The Morgan fingerprint density at radius 3 is 2.11 bits per heavy atom. The molecule has 0 unspecified atom stereocenters. The molecule has 0 heterocycles. The number of benzene rings is 1. The third-order valence-corrected chi connectivity index (χ3v) is 3.90. The van der Waals surface area contributed by atoms with Crippen molar-refractivity contribution >= 4 is 18.1 Å². The maximum absolute atomic E-state index is 3.71. The fourth-order valence-corrected chi connectivity index (χ4v) is 2.66. The van der Waals surface area contributed by atoms with Gasteiger partial charge in [0.2, 0.25) is 0 Å². The number of rotatable bonds is 4. The normalized spacial score (nSPS) is 16.5. The Labute approximate surface area is 124 Å². The van der Waals surface area contributed by atoms with Crippen LogP contribution < -0.4 is 10.2 Å². The standard InChI is InChI=1S/C16H26N2.ClH/c1-18(2)16-11-9-14(10-12-16)13-17-15-7-5-3-4-6-8-15;/h9-12,15,17H,3-8,13H2,1-2H3;1H. The fraction of sp³-hybridized carbons (Fsp3) is 0.625. The zero-order valence-electron chi connectivity index (χ0n) is 12.2. The molecule has 1 saturated carbocycles. The molecule has 3 heteroatoms. The quantitative estimate of drug-likeness (QED) is 0.840. The summed E-state index contributed by atoms with van der Waals surface area (Å²) in [6, 6.07) is 9.60. The Kier molecular flexibility index (Phi) is 7.25. The van der Waals surface area contributed by atoms with Crippen LogP contribution in [0.15, 0.2) is 24.3 Å². The molecule has 0 aromatic heterocycles. The minimum Gasteiger partial charge on any atom is -0.378 e. The highest BCUT2D eigenvalue weighted by Gasteiger charge is 2.11. The topological polar surface area (TPSA) is 15.3 Å². The van der Waals surface area contributed by atoms with Gasteiger partial charge in [0.05, 0.1) is 0 Å². The van der Waals surface area contributed by atoms with E-state index in [4.69, 9.17) is 0 Å². The average molecular weight is 283 g/mol. The monoisotopic (exact) mass is 282 g/mol. The van der Waals surface area contributed by atoms with Crippen LogP contribution in [-0.2, 0) is 6.54 Å². The molecule has 1 fully saturated rings. The summed E-state index contributed by atoms with van der Waals surface area (Å²) >= 11 is 0. The van der Waals surface area contributed by atoms with E-state index in [0.29, 0.717) is 0 Å². The molecule has 0 amide bonds. The smallest absolute Gasteiger partial charge is 0.0361 e. The first-order valence-corrected chi connectivity index (χ1v) is 7.25. The van der Waals surface area contributed by atoms with Gasteiger partial charge in [-0.2, -0.15) is 0 Å². The molecule has 108 valence electrons. The second-order valence-corrected chi connectivity index (χ2v) is 5.63. The van der Waals surface area contributed by atoms with E-state index in [-0.39, 0.29) is 12.4 Å². The number of nitrogens with zero attached hydrogens (tertiary/aromatic N) is 1. The highest BCUT2D eigenvalue weighted by atomic mass is 35.5. The van der Waals surface area contributed by atoms with Crippen molar-refractivity contribution < 1.29 is 0 Å². The van der Waals surface area contributed by atoms with E-state index >= 15 is 0 Å². The maximum Gasteiger partial charge on any atom is 0.0361 e. The highest BCUT2D eigenvalue weighted by Crippen LogP contribution is 2.18. The van der Waals surface area contributed by atoms with Gasteiger partial charge >= 0.3 is 0 Å². The van der Waals surface area contributed by atoms with E-state index in [2.05, 4.69) is 48.6 Å². The summed E-state index contributed by atoms with van der Waals surface area (Å²) in [6.07, 6.45) is 8.37. The molecule has 1 aromatic carbocycles. The molecular weight excluding hydrogens is 256 g/mol. The van der Waals surface area contributed by atoms with Gasteiger partial charge in [-0.1, -0.05) is 37.8 Å². The van der Waals surface area contributed by atoms with Crippen LogP contribution in [0.3, 0.4) is 0 Å².